The molecule has 3 N–H and O–H groups in total. The fraction of sp³-hybridized carbons (Fsp3) is 0.923. The van der Waals surface area contributed by atoms with Crippen molar-refractivity contribution in [1.82, 2.24) is 4.90 Å². The molecule has 0 amide bonds. The van der Waals surface area contributed by atoms with Crippen molar-refractivity contribution in [2.45, 2.75) is 53.5 Å². The Labute approximate surface area is 106 Å². The molecule has 0 aliphatic carbocycles. The van der Waals surface area contributed by atoms with E-state index in [-0.39, 0.29) is 0 Å². The van der Waals surface area contributed by atoms with E-state index in [1.54, 1.807) is 0 Å². The maximum absolute atomic E-state index is 8.67. The van der Waals surface area contributed by atoms with Crippen molar-refractivity contribution in [2.75, 3.05) is 13.1 Å². The van der Waals surface area contributed by atoms with E-state index in [1.165, 1.54) is 0 Å². The van der Waals surface area contributed by atoms with Gasteiger partial charge in [-0.05, 0) is 18.3 Å². The highest BCUT2D eigenvalue weighted by molar-refractivity contribution is 5.80. The van der Waals surface area contributed by atoms with Gasteiger partial charge in [0.2, 0.25) is 0 Å². The molecule has 0 rings (SSSR count). The summed E-state index contributed by atoms with van der Waals surface area (Å²) < 4.78 is 0. The quantitative estimate of drug-likeness (QED) is 0.298. The van der Waals surface area contributed by atoms with E-state index in [9.17, 15) is 0 Å². The van der Waals surface area contributed by atoms with E-state index in [2.05, 4.69) is 44.7 Å². The molecular formula is C13H29N3O. The van der Waals surface area contributed by atoms with Gasteiger partial charge >= 0.3 is 0 Å². The maximum atomic E-state index is 8.67. The molecule has 0 saturated carbocycles. The van der Waals surface area contributed by atoms with E-state index in [4.69, 9.17) is 10.9 Å². The summed E-state index contributed by atoms with van der Waals surface area (Å²) in [6.45, 7) is 13.2. The zero-order chi connectivity index (χ0) is 13.4. The molecule has 0 fully saturated rings. The third-order valence-electron chi connectivity index (χ3n) is 2.76. The van der Waals surface area contributed by atoms with Gasteiger partial charge in [-0.25, -0.2) is 0 Å². The van der Waals surface area contributed by atoms with Crippen molar-refractivity contribution in [1.29, 1.82) is 0 Å². The van der Waals surface area contributed by atoms with Crippen LogP contribution in [0.25, 0.3) is 0 Å². The van der Waals surface area contributed by atoms with Gasteiger partial charge in [0.25, 0.3) is 0 Å². The van der Waals surface area contributed by atoms with E-state index in [0.29, 0.717) is 30.1 Å². The topological polar surface area (TPSA) is 61.9 Å². The Balaban J connectivity index is 4.59. The van der Waals surface area contributed by atoms with Crippen LogP contribution in [0.5, 0.6) is 0 Å². The van der Waals surface area contributed by atoms with Crippen LogP contribution >= 0.6 is 0 Å². The Morgan fingerprint density at radius 1 is 1.18 bits per heavy atom. The minimum absolute atomic E-state index is 0.328. The molecule has 4 heteroatoms. The fourth-order valence-corrected chi connectivity index (χ4v) is 2.12. The Kier molecular flexibility index (Phi) is 7.96. The van der Waals surface area contributed by atoms with Crippen molar-refractivity contribution >= 4 is 5.84 Å². The lowest BCUT2D eigenvalue weighted by molar-refractivity contribution is 0.154. The molecule has 0 radical (unpaired) electrons. The third-order valence-corrected chi connectivity index (χ3v) is 2.76. The number of nitrogens with two attached hydrogens (primary N) is 1. The molecule has 0 spiro atoms. The summed E-state index contributed by atoms with van der Waals surface area (Å²) in [4.78, 5) is 2.47. The number of nitrogens with zero attached hydrogens (tertiary/aromatic N) is 2. The van der Waals surface area contributed by atoms with Crippen LogP contribution in [0.1, 0.15) is 47.5 Å². The summed E-state index contributed by atoms with van der Waals surface area (Å²) in [6.07, 6.45) is 1.67. The Bertz CT molecular complexity index is 217. The molecule has 17 heavy (non-hydrogen) atoms. The highest BCUT2D eigenvalue weighted by Gasteiger charge is 2.20. The summed E-state index contributed by atoms with van der Waals surface area (Å²) in [7, 11) is 0. The van der Waals surface area contributed by atoms with Gasteiger partial charge in [0.1, 0.15) is 5.84 Å². The van der Waals surface area contributed by atoms with Crippen LogP contribution in [0.15, 0.2) is 5.16 Å². The van der Waals surface area contributed by atoms with Gasteiger partial charge in [0, 0.05) is 25.6 Å². The summed E-state index contributed by atoms with van der Waals surface area (Å²) in [5, 5.41) is 11.8. The first-order chi connectivity index (χ1) is 7.90. The van der Waals surface area contributed by atoms with E-state index < -0.39 is 0 Å². The molecule has 1 unspecified atom stereocenters. The van der Waals surface area contributed by atoms with Crippen LogP contribution in [-0.2, 0) is 0 Å². The van der Waals surface area contributed by atoms with Gasteiger partial charge < -0.3 is 10.9 Å². The monoisotopic (exact) mass is 243 g/mol. The number of oxime groups is 1. The number of hydrogen-bond donors (Lipinski definition) is 2. The van der Waals surface area contributed by atoms with Gasteiger partial charge in [0.15, 0.2) is 0 Å². The minimum atomic E-state index is 0.328. The lowest BCUT2D eigenvalue weighted by atomic mass is 10.0. The minimum Gasteiger partial charge on any atom is -0.409 e. The maximum Gasteiger partial charge on any atom is 0.140 e. The normalized spacial score (nSPS) is 14.9. The highest BCUT2D eigenvalue weighted by atomic mass is 16.4. The first kappa shape index (κ1) is 16.2. The van der Waals surface area contributed by atoms with Gasteiger partial charge in [-0.15, -0.1) is 0 Å². The third kappa shape index (κ3) is 7.21. The second-order valence-corrected chi connectivity index (χ2v) is 5.60. The summed E-state index contributed by atoms with van der Waals surface area (Å²) >= 11 is 0. The summed E-state index contributed by atoms with van der Waals surface area (Å²) in [6, 6.07) is 0.371. The molecular weight excluding hydrogens is 214 g/mol. The molecule has 102 valence electrons. The molecule has 0 aromatic carbocycles. The van der Waals surface area contributed by atoms with E-state index >= 15 is 0 Å². The van der Waals surface area contributed by atoms with Gasteiger partial charge in [-0.1, -0.05) is 39.8 Å². The van der Waals surface area contributed by atoms with Gasteiger partial charge in [0.05, 0.1) is 0 Å². The molecule has 0 saturated heterocycles. The second-order valence-electron chi connectivity index (χ2n) is 5.60. The van der Waals surface area contributed by atoms with Crippen molar-refractivity contribution in [3.8, 4) is 0 Å². The molecule has 0 bridgehead atoms. The van der Waals surface area contributed by atoms with Crippen LogP contribution in [-0.4, -0.2) is 35.1 Å². The van der Waals surface area contributed by atoms with Crippen LogP contribution in [0, 0.1) is 11.8 Å². The van der Waals surface area contributed by atoms with Crippen LogP contribution in [0.3, 0.4) is 0 Å². The average Bonchev–Trinajstić information content (AvgIpc) is 2.23. The predicted molar refractivity (Wildman–Crippen MR) is 73.4 cm³/mol. The molecule has 0 aliphatic rings. The van der Waals surface area contributed by atoms with Crippen molar-refractivity contribution in [2.24, 2.45) is 22.7 Å². The first-order valence-electron chi connectivity index (χ1n) is 6.61. The zero-order valence-electron chi connectivity index (χ0n) is 12.0. The van der Waals surface area contributed by atoms with Gasteiger partial charge in [-0.2, -0.15) is 0 Å². The van der Waals surface area contributed by atoms with E-state index in [0.717, 1.165) is 19.5 Å². The van der Waals surface area contributed by atoms with Crippen molar-refractivity contribution in [3.05, 3.63) is 0 Å². The molecule has 0 aromatic heterocycles. The standard InChI is InChI=1S/C13H29N3O/c1-6-12(7-13(14)15-17)16(8-10(2)3)9-11(4)5/h10-12,17H,6-9H2,1-5H3,(H2,14,15). The van der Waals surface area contributed by atoms with Crippen LogP contribution in [0.4, 0.5) is 0 Å². The number of amidine groups is 1. The Hall–Kier alpha value is -0.770. The molecule has 1 atom stereocenters. The second kappa shape index (κ2) is 8.34. The van der Waals surface area contributed by atoms with Crippen molar-refractivity contribution in [3.63, 3.8) is 0 Å². The predicted octanol–water partition coefficient (Wildman–Crippen LogP) is 2.52. The highest BCUT2D eigenvalue weighted by Crippen LogP contribution is 2.14. The first-order valence-corrected chi connectivity index (χ1v) is 6.61. The Morgan fingerprint density at radius 2 is 1.65 bits per heavy atom. The number of rotatable bonds is 8. The summed E-state index contributed by atoms with van der Waals surface area (Å²) in [5.41, 5.74) is 5.62. The average molecular weight is 243 g/mol. The lowest BCUT2D eigenvalue weighted by Crippen LogP contribution is -2.42. The SMILES string of the molecule is CCC(C/C(N)=N/O)N(CC(C)C)CC(C)C. The number of hydrogen-bond acceptors (Lipinski definition) is 3. The molecule has 0 aromatic rings. The van der Waals surface area contributed by atoms with Crippen LogP contribution < -0.4 is 5.73 Å². The lowest BCUT2D eigenvalue weighted by Gasteiger charge is -2.33. The van der Waals surface area contributed by atoms with Crippen LogP contribution in [0.2, 0.25) is 0 Å². The zero-order valence-corrected chi connectivity index (χ0v) is 12.0. The van der Waals surface area contributed by atoms with Crippen molar-refractivity contribution < 1.29 is 5.21 Å². The van der Waals surface area contributed by atoms with E-state index in [1.807, 2.05) is 0 Å². The fourth-order valence-electron chi connectivity index (χ4n) is 2.12. The van der Waals surface area contributed by atoms with Gasteiger partial charge in [-0.3, -0.25) is 4.90 Å². The molecule has 0 heterocycles. The smallest absolute Gasteiger partial charge is 0.140 e. The molecule has 0 aliphatic heterocycles. The summed E-state index contributed by atoms with van der Waals surface area (Å²) in [5.74, 6) is 1.60. The largest absolute Gasteiger partial charge is 0.409 e. The Morgan fingerprint density at radius 3 is 1.94 bits per heavy atom. The molecule has 4 nitrogen and oxygen atoms in total.